The molecule has 0 aliphatic carbocycles. The third-order valence-electron chi connectivity index (χ3n) is 1.74. The van der Waals surface area contributed by atoms with Crippen molar-refractivity contribution in [3.05, 3.63) is 24.5 Å². The van der Waals surface area contributed by atoms with Crippen molar-refractivity contribution in [2.24, 2.45) is 4.99 Å². The van der Waals surface area contributed by atoms with Crippen molar-refractivity contribution in [3.63, 3.8) is 0 Å². The molecule has 1 aromatic rings. The Morgan fingerprint density at radius 2 is 2.13 bits per heavy atom. The van der Waals surface area contributed by atoms with Gasteiger partial charge in [0.05, 0.1) is 6.54 Å². The minimum Gasteiger partial charge on any atom is -0.308 e. The lowest BCUT2D eigenvalue weighted by Crippen LogP contribution is -2.31. The van der Waals surface area contributed by atoms with Crippen LogP contribution in [0.5, 0.6) is 0 Å². The van der Waals surface area contributed by atoms with E-state index in [0.29, 0.717) is 10.9 Å². The van der Waals surface area contributed by atoms with Gasteiger partial charge in [0.25, 0.3) is 0 Å². The number of rotatable bonds is 1. The number of aromatic nitrogens is 1. The number of hydrogen-bond donors (Lipinski definition) is 2. The van der Waals surface area contributed by atoms with Crippen molar-refractivity contribution in [3.8, 4) is 0 Å². The maximum absolute atomic E-state index is 11.4. The first-order chi connectivity index (χ1) is 7.34. The second-order valence-corrected chi connectivity index (χ2v) is 3.93. The first kappa shape index (κ1) is 9.97. The van der Waals surface area contributed by atoms with E-state index in [1.165, 1.54) is 0 Å². The maximum Gasteiger partial charge on any atom is 0.325 e. The van der Waals surface area contributed by atoms with Crippen molar-refractivity contribution >= 4 is 28.6 Å². The van der Waals surface area contributed by atoms with Crippen LogP contribution in [0.2, 0.25) is 0 Å². The van der Waals surface area contributed by atoms with E-state index in [4.69, 9.17) is 0 Å². The van der Waals surface area contributed by atoms with Crippen LogP contribution in [0.3, 0.4) is 0 Å². The number of carbonyl (C=O) groups is 1. The zero-order valence-electron chi connectivity index (χ0n) is 7.93. The molecule has 0 bridgehead atoms. The summed E-state index contributed by atoms with van der Waals surface area (Å²) < 4.78 is 0. The van der Waals surface area contributed by atoms with Gasteiger partial charge in [0, 0.05) is 23.8 Å². The Labute approximate surface area is 91.4 Å². The molecule has 1 aromatic heterocycles. The number of aliphatic imine (C=N–C) groups is 1. The summed E-state index contributed by atoms with van der Waals surface area (Å²) in [7, 11) is 0. The van der Waals surface area contributed by atoms with E-state index in [0.717, 1.165) is 12.3 Å². The highest BCUT2D eigenvalue weighted by atomic mass is 32.2. The number of thioether (sulfide) groups is 1. The van der Waals surface area contributed by atoms with Gasteiger partial charge in [-0.3, -0.25) is 15.3 Å². The number of pyridine rings is 1. The third-order valence-corrected chi connectivity index (χ3v) is 2.64. The normalized spacial score (nSPS) is 14.5. The van der Waals surface area contributed by atoms with Crippen LogP contribution in [0.15, 0.2) is 29.5 Å². The van der Waals surface area contributed by atoms with Gasteiger partial charge >= 0.3 is 6.03 Å². The molecule has 1 aliphatic rings. The van der Waals surface area contributed by atoms with Crippen LogP contribution in [0, 0.1) is 0 Å². The maximum atomic E-state index is 11.4. The standard InChI is InChI=1S/C9H10N4OS/c14-8(13-9-11-5-6-15-9)12-7-1-3-10-4-2-7/h1-4H,5-6H2,(H2,10,11,12,13,14). The highest BCUT2D eigenvalue weighted by molar-refractivity contribution is 8.14. The summed E-state index contributed by atoms with van der Waals surface area (Å²) in [6, 6.07) is 3.18. The molecule has 2 amide bonds. The SMILES string of the molecule is O=C(NC1=NCCS1)Nc1ccncc1. The number of nitrogens with zero attached hydrogens (tertiary/aromatic N) is 2. The lowest BCUT2D eigenvalue weighted by molar-refractivity contribution is 0.256. The molecule has 5 nitrogen and oxygen atoms in total. The molecule has 2 heterocycles. The molecule has 6 heteroatoms. The Morgan fingerprint density at radius 1 is 1.33 bits per heavy atom. The van der Waals surface area contributed by atoms with E-state index in [9.17, 15) is 4.79 Å². The molecule has 0 saturated heterocycles. The zero-order chi connectivity index (χ0) is 10.5. The monoisotopic (exact) mass is 222 g/mol. The number of hydrogen-bond acceptors (Lipinski definition) is 4. The van der Waals surface area contributed by atoms with Crippen LogP contribution in [-0.4, -0.2) is 28.5 Å². The molecular formula is C9H10N4OS. The lowest BCUT2D eigenvalue weighted by Gasteiger charge is -2.05. The van der Waals surface area contributed by atoms with Crippen LogP contribution in [0.1, 0.15) is 0 Å². The molecular weight excluding hydrogens is 212 g/mol. The Morgan fingerprint density at radius 3 is 2.80 bits per heavy atom. The van der Waals surface area contributed by atoms with Gasteiger partial charge in [-0.25, -0.2) is 4.79 Å². The molecule has 1 aliphatic heterocycles. The summed E-state index contributed by atoms with van der Waals surface area (Å²) >= 11 is 1.55. The van der Waals surface area contributed by atoms with Gasteiger partial charge in [0.15, 0.2) is 5.17 Å². The van der Waals surface area contributed by atoms with Crippen LogP contribution >= 0.6 is 11.8 Å². The Bertz CT molecular complexity index is 379. The summed E-state index contributed by atoms with van der Waals surface area (Å²) in [6.07, 6.45) is 3.24. The van der Waals surface area contributed by atoms with Gasteiger partial charge in [-0.2, -0.15) is 0 Å². The first-order valence-corrected chi connectivity index (χ1v) is 5.48. The van der Waals surface area contributed by atoms with Crippen molar-refractivity contribution in [2.75, 3.05) is 17.6 Å². The Kier molecular flexibility index (Phi) is 3.18. The van der Waals surface area contributed by atoms with Gasteiger partial charge in [0.2, 0.25) is 0 Å². The largest absolute Gasteiger partial charge is 0.325 e. The van der Waals surface area contributed by atoms with Gasteiger partial charge in [-0.15, -0.1) is 0 Å². The minimum atomic E-state index is -0.269. The molecule has 2 N–H and O–H groups in total. The average molecular weight is 222 g/mol. The zero-order valence-corrected chi connectivity index (χ0v) is 8.75. The molecule has 0 unspecified atom stereocenters. The fraction of sp³-hybridized carbons (Fsp3) is 0.222. The summed E-state index contributed by atoms with van der Waals surface area (Å²) in [4.78, 5) is 19.4. The van der Waals surface area contributed by atoms with E-state index in [1.54, 1.807) is 36.3 Å². The highest BCUT2D eigenvalue weighted by Gasteiger charge is 2.10. The highest BCUT2D eigenvalue weighted by Crippen LogP contribution is 2.09. The number of nitrogens with one attached hydrogen (secondary N) is 2. The van der Waals surface area contributed by atoms with Crippen molar-refractivity contribution in [2.45, 2.75) is 0 Å². The smallest absolute Gasteiger partial charge is 0.308 e. The molecule has 0 fully saturated rings. The predicted octanol–water partition coefficient (Wildman–Crippen LogP) is 1.31. The second kappa shape index (κ2) is 4.79. The summed E-state index contributed by atoms with van der Waals surface area (Å²) in [6.45, 7) is 0.773. The van der Waals surface area contributed by atoms with E-state index in [-0.39, 0.29) is 6.03 Å². The number of anilines is 1. The summed E-state index contributed by atoms with van der Waals surface area (Å²) in [5.74, 6) is 0.935. The molecule has 0 radical (unpaired) electrons. The molecule has 78 valence electrons. The van der Waals surface area contributed by atoms with Crippen molar-refractivity contribution < 1.29 is 4.79 Å². The molecule has 0 saturated carbocycles. The van der Waals surface area contributed by atoms with Crippen molar-refractivity contribution in [1.82, 2.24) is 10.3 Å². The van der Waals surface area contributed by atoms with Gasteiger partial charge in [0.1, 0.15) is 0 Å². The van der Waals surface area contributed by atoms with E-state index < -0.39 is 0 Å². The summed E-state index contributed by atoms with van der Waals surface area (Å²) in [5, 5.41) is 6.04. The van der Waals surface area contributed by atoms with Crippen LogP contribution < -0.4 is 10.6 Å². The van der Waals surface area contributed by atoms with Gasteiger partial charge < -0.3 is 5.32 Å². The molecule has 2 rings (SSSR count). The van der Waals surface area contributed by atoms with Gasteiger partial charge in [-0.1, -0.05) is 11.8 Å². The predicted molar refractivity (Wildman–Crippen MR) is 61.2 cm³/mol. The quantitative estimate of drug-likeness (QED) is 0.752. The third kappa shape index (κ3) is 2.95. The lowest BCUT2D eigenvalue weighted by atomic mass is 10.4. The van der Waals surface area contributed by atoms with Crippen molar-refractivity contribution in [1.29, 1.82) is 0 Å². The average Bonchev–Trinajstić information content (AvgIpc) is 2.71. The first-order valence-electron chi connectivity index (χ1n) is 4.50. The van der Waals surface area contributed by atoms with Crippen LogP contribution in [0.4, 0.5) is 10.5 Å². The summed E-state index contributed by atoms with van der Waals surface area (Å²) in [5.41, 5.74) is 0.714. The molecule has 0 spiro atoms. The van der Waals surface area contributed by atoms with Gasteiger partial charge in [-0.05, 0) is 12.1 Å². The minimum absolute atomic E-state index is 0.269. The topological polar surface area (TPSA) is 66.4 Å². The van der Waals surface area contributed by atoms with Crippen LogP contribution in [-0.2, 0) is 0 Å². The fourth-order valence-corrected chi connectivity index (χ4v) is 1.83. The molecule has 0 aromatic carbocycles. The second-order valence-electron chi connectivity index (χ2n) is 2.85. The van der Waals surface area contributed by atoms with E-state index >= 15 is 0 Å². The number of amides is 2. The van der Waals surface area contributed by atoms with Crippen LogP contribution in [0.25, 0.3) is 0 Å². The molecule has 0 atom stereocenters. The number of urea groups is 1. The number of amidine groups is 1. The van der Waals surface area contributed by atoms with E-state index in [2.05, 4.69) is 20.6 Å². The van der Waals surface area contributed by atoms with E-state index in [1.807, 2.05) is 0 Å². The molecule has 15 heavy (non-hydrogen) atoms. The Hall–Kier alpha value is -1.56. The fourth-order valence-electron chi connectivity index (χ4n) is 1.11. The number of carbonyl (C=O) groups excluding carboxylic acids is 1. The Balaban J connectivity index is 1.87.